The quantitative estimate of drug-likeness (QED) is 0.116. The fourth-order valence-corrected chi connectivity index (χ4v) is 7.75. The summed E-state index contributed by atoms with van der Waals surface area (Å²) in [6.07, 6.45) is 3.02. The number of hydrogen-bond donors (Lipinski definition) is 2. The Kier molecular flexibility index (Phi) is 10.3. The van der Waals surface area contributed by atoms with Crippen molar-refractivity contribution in [3.8, 4) is 45.4 Å². The van der Waals surface area contributed by atoms with Crippen LogP contribution in [-0.4, -0.2) is 67.6 Å². The van der Waals surface area contributed by atoms with E-state index in [4.69, 9.17) is 29.7 Å². The zero-order valence-electron chi connectivity index (χ0n) is 32.4. The highest BCUT2D eigenvalue weighted by molar-refractivity contribution is 5.85. The van der Waals surface area contributed by atoms with Crippen molar-refractivity contribution in [2.24, 2.45) is 0 Å². The van der Waals surface area contributed by atoms with E-state index in [1.165, 1.54) is 6.33 Å². The van der Waals surface area contributed by atoms with E-state index in [-0.39, 0.29) is 18.8 Å². The molecule has 9 rings (SSSR count). The predicted octanol–water partition coefficient (Wildman–Crippen LogP) is 7.87. The fraction of sp³-hybridized carbons (Fsp3) is 0.170. The van der Waals surface area contributed by atoms with Gasteiger partial charge in [-0.15, -0.1) is 0 Å². The Hall–Kier alpha value is -6.99. The Morgan fingerprint density at radius 1 is 0.695 bits per heavy atom. The van der Waals surface area contributed by atoms with Crippen molar-refractivity contribution in [3.05, 3.63) is 169 Å². The van der Waals surface area contributed by atoms with E-state index >= 15 is 0 Å². The molecule has 4 aromatic heterocycles. The highest BCUT2D eigenvalue weighted by Gasteiger charge is 2.43. The van der Waals surface area contributed by atoms with Gasteiger partial charge in [0.25, 0.3) is 0 Å². The minimum absolute atomic E-state index is 0.0472. The van der Waals surface area contributed by atoms with Crippen LogP contribution in [0, 0.1) is 0 Å². The average molecular weight is 784 g/mol. The van der Waals surface area contributed by atoms with Gasteiger partial charge in [-0.25, -0.2) is 15.0 Å². The lowest BCUT2D eigenvalue weighted by Gasteiger charge is -2.37. The molecule has 0 radical (unpaired) electrons. The Bertz CT molecular complexity index is 2610. The number of nitrogen functional groups attached to an aromatic ring is 1. The first-order valence-corrected chi connectivity index (χ1v) is 19.2. The van der Waals surface area contributed by atoms with Crippen LogP contribution in [0.5, 0.6) is 11.5 Å². The molecule has 0 spiro atoms. The molecule has 1 aliphatic rings. The molecular formula is C47H41N7O5. The van der Waals surface area contributed by atoms with Crippen LogP contribution >= 0.6 is 0 Å². The summed E-state index contributed by atoms with van der Waals surface area (Å²) >= 11 is 0. The standard InChI is InChI=1S/C47H41N7O5/c1-56-36-20-16-34(17-21-36)47(33-8-4-3-5-9-33,35-18-22-37(57-2)23-19-35)58-28-41-40(55)26-42(59-41)54-45(53-43-44(48)51-29-52-46(43)54)31-13-11-30(12-14-31)32-15-24-39(50-27-32)38-10-6-7-25-49-38/h3-25,27,29,40-42,55H,26,28H2,1-2H3,(H2,48,51,52)/t40-,41+,42+/m0/s1. The van der Waals surface area contributed by atoms with E-state index in [0.717, 1.165) is 56.3 Å². The van der Waals surface area contributed by atoms with E-state index in [2.05, 4.69) is 19.9 Å². The van der Waals surface area contributed by atoms with Crippen molar-refractivity contribution in [1.29, 1.82) is 0 Å². The minimum atomic E-state index is -1.09. The second-order valence-electron chi connectivity index (χ2n) is 14.2. The lowest BCUT2D eigenvalue weighted by molar-refractivity contribution is -0.0928. The van der Waals surface area contributed by atoms with E-state index in [1.807, 2.05) is 144 Å². The summed E-state index contributed by atoms with van der Waals surface area (Å²) in [6, 6.07) is 43.5. The number of hydrogen-bond acceptors (Lipinski definition) is 11. The van der Waals surface area contributed by atoms with Crippen molar-refractivity contribution in [2.75, 3.05) is 26.6 Å². The van der Waals surface area contributed by atoms with Crippen molar-refractivity contribution in [3.63, 3.8) is 0 Å². The minimum Gasteiger partial charge on any atom is -0.497 e. The second-order valence-corrected chi connectivity index (χ2v) is 14.2. The van der Waals surface area contributed by atoms with Crippen LogP contribution in [-0.2, 0) is 15.1 Å². The summed E-state index contributed by atoms with van der Waals surface area (Å²) in [7, 11) is 3.28. The third-order valence-corrected chi connectivity index (χ3v) is 10.8. The summed E-state index contributed by atoms with van der Waals surface area (Å²) in [5, 5.41) is 11.7. The molecule has 3 atom stereocenters. The summed E-state index contributed by atoms with van der Waals surface area (Å²) in [5.41, 5.74) is 13.2. The third-order valence-electron chi connectivity index (χ3n) is 10.8. The van der Waals surface area contributed by atoms with Crippen LogP contribution in [0.2, 0.25) is 0 Å². The van der Waals surface area contributed by atoms with Crippen molar-refractivity contribution in [2.45, 2.75) is 30.5 Å². The lowest BCUT2D eigenvalue weighted by Crippen LogP contribution is -2.38. The maximum atomic E-state index is 11.7. The molecule has 1 saturated heterocycles. The number of pyridine rings is 2. The maximum absolute atomic E-state index is 11.7. The molecule has 0 aliphatic carbocycles. The fourth-order valence-electron chi connectivity index (χ4n) is 7.75. The van der Waals surface area contributed by atoms with Gasteiger partial charge < -0.3 is 29.8 Å². The normalized spacial score (nSPS) is 16.6. The topological polar surface area (TPSA) is 153 Å². The molecule has 59 heavy (non-hydrogen) atoms. The number of rotatable bonds is 12. The van der Waals surface area contributed by atoms with Gasteiger partial charge in [0.15, 0.2) is 17.0 Å². The van der Waals surface area contributed by atoms with Gasteiger partial charge in [0.1, 0.15) is 41.6 Å². The van der Waals surface area contributed by atoms with Gasteiger partial charge in [0.2, 0.25) is 0 Å². The summed E-state index contributed by atoms with van der Waals surface area (Å²) in [5.74, 6) is 2.27. The van der Waals surface area contributed by atoms with Crippen LogP contribution < -0.4 is 15.2 Å². The zero-order chi connectivity index (χ0) is 40.3. The first-order chi connectivity index (χ1) is 28.9. The average Bonchev–Trinajstić information content (AvgIpc) is 3.88. The smallest absolute Gasteiger partial charge is 0.168 e. The number of nitrogens with two attached hydrogens (primary N) is 1. The van der Waals surface area contributed by atoms with Crippen molar-refractivity contribution >= 4 is 17.0 Å². The molecule has 294 valence electrons. The molecule has 3 N–H and O–H groups in total. The molecule has 1 aliphatic heterocycles. The number of aliphatic hydroxyl groups is 1. The molecule has 12 nitrogen and oxygen atoms in total. The molecule has 1 fully saturated rings. The Balaban J connectivity index is 1.04. The van der Waals surface area contributed by atoms with Gasteiger partial charge >= 0.3 is 0 Å². The highest BCUT2D eigenvalue weighted by atomic mass is 16.6. The number of fused-ring (bicyclic) bond motifs is 1. The number of imidazole rings is 1. The Labute approximate surface area is 340 Å². The molecule has 4 aromatic carbocycles. The largest absolute Gasteiger partial charge is 0.497 e. The monoisotopic (exact) mass is 783 g/mol. The predicted molar refractivity (Wildman–Crippen MR) is 224 cm³/mol. The van der Waals surface area contributed by atoms with Crippen LogP contribution in [0.25, 0.3) is 45.1 Å². The summed E-state index contributed by atoms with van der Waals surface area (Å²) in [4.78, 5) is 22.8. The number of methoxy groups -OCH3 is 2. The number of anilines is 1. The summed E-state index contributed by atoms with van der Waals surface area (Å²) < 4.78 is 26.8. The molecule has 0 unspecified atom stereocenters. The molecule has 0 amide bonds. The van der Waals surface area contributed by atoms with E-state index in [9.17, 15) is 5.11 Å². The van der Waals surface area contributed by atoms with E-state index < -0.39 is 24.0 Å². The first kappa shape index (κ1) is 37.6. The van der Waals surface area contributed by atoms with E-state index in [0.29, 0.717) is 17.0 Å². The zero-order valence-corrected chi connectivity index (χ0v) is 32.4. The van der Waals surface area contributed by atoms with Gasteiger partial charge in [0, 0.05) is 29.9 Å². The van der Waals surface area contributed by atoms with Crippen LogP contribution in [0.4, 0.5) is 5.82 Å². The van der Waals surface area contributed by atoms with Crippen molar-refractivity contribution < 1.29 is 24.1 Å². The van der Waals surface area contributed by atoms with Gasteiger partial charge in [-0.1, -0.05) is 91.0 Å². The lowest BCUT2D eigenvalue weighted by atomic mass is 9.80. The van der Waals surface area contributed by atoms with E-state index in [1.54, 1.807) is 20.4 Å². The number of aromatic nitrogens is 6. The van der Waals surface area contributed by atoms with Gasteiger partial charge in [-0.2, -0.15) is 0 Å². The Morgan fingerprint density at radius 3 is 1.95 bits per heavy atom. The van der Waals surface area contributed by atoms with Crippen molar-refractivity contribution in [1.82, 2.24) is 29.5 Å². The molecule has 5 heterocycles. The number of nitrogens with zero attached hydrogens (tertiary/aromatic N) is 6. The number of benzene rings is 4. The van der Waals surface area contributed by atoms with Gasteiger partial charge in [-0.05, 0) is 64.7 Å². The number of aliphatic hydroxyl groups excluding tert-OH is 1. The maximum Gasteiger partial charge on any atom is 0.168 e. The first-order valence-electron chi connectivity index (χ1n) is 19.2. The molecule has 0 saturated carbocycles. The van der Waals surface area contributed by atoms with Gasteiger partial charge in [0.05, 0.1) is 38.3 Å². The van der Waals surface area contributed by atoms with Crippen LogP contribution in [0.3, 0.4) is 0 Å². The van der Waals surface area contributed by atoms with Crippen LogP contribution in [0.15, 0.2) is 152 Å². The van der Waals surface area contributed by atoms with Gasteiger partial charge in [-0.3, -0.25) is 14.5 Å². The summed E-state index contributed by atoms with van der Waals surface area (Å²) in [6.45, 7) is 0.0472. The highest BCUT2D eigenvalue weighted by Crippen LogP contribution is 2.44. The Morgan fingerprint density at radius 2 is 1.32 bits per heavy atom. The SMILES string of the molecule is COc1ccc(C(OC[C@H]2O[C@@H](n3c(-c4ccc(-c5ccc(-c6ccccn6)nc5)cc4)nc4c(N)ncnc43)C[C@@H]2O)(c2ccccc2)c2ccc(OC)cc2)cc1. The van der Waals surface area contributed by atoms with Crippen LogP contribution in [0.1, 0.15) is 29.3 Å². The molecular weight excluding hydrogens is 743 g/mol. The third kappa shape index (κ3) is 7.14. The molecule has 0 bridgehead atoms. The number of ether oxygens (including phenoxy) is 4. The second kappa shape index (κ2) is 16.1. The molecule has 8 aromatic rings. The molecule has 12 heteroatoms.